The topological polar surface area (TPSA) is 71.3 Å². The normalized spacial score (nSPS) is 10.9. The molecule has 0 fully saturated rings. The van der Waals surface area contributed by atoms with E-state index >= 15 is 0 Å². The zero-order valence-corrected chi connectivity index (χ0v) is 15.6. The van der Waals surface area contributed by atoms with Crippen molar-refractivity contribution >= 4 is 29.3 Å². The minimum absolute atomic E-state index is 0.123. The minimum Gasteiger partial charge on any atom is -0.493 e. The highest BCUT2D eigenvalue weighted by atomic mass is 35.5. The van der Waals surface area contributed by atoms with E-state index in [0.29, 0.717) is 23.7 Å². The molecule has 7 heteroatoms. The molecule has 5 nitrogen and oxygen atoms in total. The van der Waals surface area contributed by atoms with Crippen LogP contribution in [0.4, 0.5) is 10.1 Å². The molecule has 0 unspecified atom stereocenters. The molecule has 0 heterocycles. The zero-order valence-electron chi connectivity index (χ0n) is 14.9. The molecule has 1 amide bonds. The molecule has 0 radical (unpaired) electrons. The first-order valence-corrected chi connectivity index (χ1v) is 8.55. The summed E-state index contributed by atoms with van der Waals surface area (Å²) in [5, 5.41) is 11.7. The van der Waals surface area contributed by atoms with Gasteiger partial charge in [-0.3, -0.25) is 4.79 Å². The number of hydrogen-bond donors (Lipinski definition) is 1. The second kappa shape index (κ2) is 9.60. The molecule has 0 aliphatic rings. The van der Waals surface area contributed by atoms with Gasteiger partial charge in [0.25, 0.3) is 5.91 Å². The lowest BCUT2D eigenvalue weighted by Crippen LogP contribution is -2.13. The first-order chi connectivity index (χ1) is 13.0. The smallest absolute Gasteiger partial charge is 0.266 e. The van der Waals surface area contributed by atoms with E-state index in [1.54, 1.807) is 18.2 Å². The number of nitriles is 1. The molecule has 140 valence electrons. The molecule has 0 spiro atoms. The van der Waals surface area contributed by atoms with Crippen LogP contribution < -0.4 is 14.8 Å². The molecule has 2 rings (SSSR count). The van der Waals surface area contributed by atoms with Gasteiger partial charge in [-0.05, 0) is 48.4 Å². The van der Waals surface area contributed by atoms with Gasteiger partial charge in [-0.25, -0.2) is 4.39 Å². The molecule has 0 aliphatic heterocycles. The van der Waals surface area contributed by atoms with E-state index in [4.69, 9.17) is 21.1 Å². The number of halogens is 2. The molecule has 0 saturated carbocycles. The molecule has 0 saturated heterocycles. The van der Waals surface area contributed by atoms with Gasteiger partial charge in [0.15, 0.2) is 11.5 Å². The standard InChI is InChI=1S/C20H18ClFN2O3/c1-3-8-27-18-7-4-13(10-19(18)26-2)9-14(12-23)20(25)24-15-5-6-17(22)16(21)11-15/h4-7,9-11H,3,8H2,1-2H3,(H,24,25)/b14-9-. The molecule has 0 atom stereocenters. The maximum Gasteiger partial charge on any atom is 0.266 e. The van der Waals surface area contributed by atoms with Crippen LogP contribution in [0.5, 0.6) is 11.5 Å². The summed E-state index contributed by atoms with van der Waals surface area (Å²) in [6.45, 7) is 2.55. The fourth-order valence-electron chi connectivity index (χ4n) is 2.19. The number of anilines is 1. The van der Waals surface area contributed by atoms with Crippen LogP contribution in [0.2, 0.25) is 5.02 Å². The average Bonchev–Trinajstić information content (AvgIpc) is 2.67. The Morgan fingerprint density at radius 2 is 2.07 bits per heavy atom. The Kier molecular flexibility index (Phi) is 7.21. The SMILES string of the molecule is CCCOc1ccc(/C=C(/C#N)C(=O)Nc2ccc(F)c(Cl)c2)cc1OC. The molecule has 2 aromatic rings. The molecular weight excluding hydrogens is 371 g/mol. The molecule has 0 aliphatic carbocycles. The largest absolute Gasteiger partial charge is 0.493 e. The number of nitrogens with zero attached hydrogens (tertiary/aromatic N) is 1. The van der Waals surface area contributed by atoms with E-state index in [1.165, 1.54) is 25.3 Å². The first kappa shape index (κ1) is 20.3. The lowest BCUT2D eigenvalue weighted by molar-refractivity contribution is -0.112. The maximum atomic E-state index is 13.2. The summed E-state index contributed by atoms with van der Waals surface area (Å²) in [6.07, 6.45) is 2.28. The highest BCUT2D eigenvalue weighted by Gasteiger charge is 2.12. The summed E-state index contributed by atoms with van der Waals surface area (Å²) in [6, 6.07) is 10.7. The molecule has 27 heavy (non-hydrogen) atoms. The lowest BCUT2D eigenvalue weighted by Gasteiger charge is -2.10. The van der Waals surface area contributed by atoms with Crippen molar-refractivity contribution in [2.75, 3.05) is 19.0 Å². The first-order valence-electron chi connectivity index (χ1n) is 8.17. The van der Waals surface area contributed by atoms with Crippen molar-refractivity contribution in [3.05, 3.63) is 58.4 Å². The number of amides is 1. The van der Waals surface area contributed by atoms with Crippen LogP contribution in [0.25, 0.3) is 6.08 Å². The highest BCUT2D eigenvalue weighted by molar-refractivity contribution is 6.31. The molecule has 1 N–H and O–H groups in total. The third-order valence-electron chi connectivity index (χ3n) is 3.50. The van der Waals surface area contributed by atoms with Gasteiger partial charge >= 0.3 is 0 Å². The number of benzene rings is 2. The van der Waals surface area contributed by atoms with E-state index in [2.05, 4.69) is 5.32 Å². The number of carbonyl (C=O) groups is 1. The Balaban J connectivity index is 2.22. The highest BCUT2D eigenvalue weighted by Crippen LogP contribution is 2.29. The Morgan fingerprint density at radius 1 is 1.30 bits per heavy atom. The van der Waals surface area contributed by atoms with Gasteiger partial charge in [0, 0.05) is 5.69 Å². The van der Waals surface area contributed by atoms with Crippen molar-refractivity contribution in [2.45, 2.75) is 13.3 Å². The molecule has 0 bridgehead atoms. The van der Waals surface area contributed by atoms with Crippen LogP contribution in [-0.2, 0) is 4.79 Å². The summed E-state index contributed by atoms with van der Waals surface area (Å²) < 4.78 is 24.1. The summed E-state index contributed by atoms with van der Waals surface area (Å²) >= 11 is 5.69. The van der Waals surface area contributed by atoms with Crippen molar-refractivity contribution in [3.8, 4) is 17.6 Å². The third kappa shape index (κ3) is 5.47. The van der Waals surface area contributed by atoms with E-state index in [-0.39, 0.29) is 16.3 Å². The number of carbonyl (C=O) groups excluding carboxylic acids is 1. The molecular formula is C20H18ClFN2O3. The van der Waals surface area contributed by atoms with Crippen LogP contribution in [0.1, 0.15) is 18.9 Å². The number of ether oxygens (including phenoxy) is 2. The Bertz CT molecular complexity index is 907. The van der Waals surface area contributed by atoms with Gasteiger partial charge in [0.2, 0.25) is 0 Å². The van der Waals surface area contributed by atoms with E-state index in [1.807, 2.05) is 13.0 Å². The van der Waals surface area contributed by atoms with Gasteiger partial charge in [-0.1, -0.05) is 24.6 Å². The number of rotatable bonds is 7. The second-order valence-corrected chi connectivity index (χ2v) is 5.92. The predicted molar refractivity (Wildman–Crippen MR) is 102 cm³/mol. The third-order valence-corrected chi connectivity index (χ3v) is 3.79. The van der Waals surface area contributed by atoms with Crippen molar-refractivity contribution in [1.82, 2.24) is 0 Å². The van der Waals surface area contributed by atoms with Crippen molar-refractivity contribution in [2.24, 2.45) is 0 Å². The quantitative estimate of drug-likeness (QED) is 0.545. The second-order valence-electron chi connectivity index (χ2n) is 5.51. The molecule has 0 aromatic heterocycles. The fourth-order valence-corrected chi connectivity index (χ4v) is 2.37. The van der Waals surface area contributed by atoms with E-state index in [0.717, 1.165) is 12.5 Å². The minimum atomic E-state index is -0.634. The van der Waals surface area contributed by atoms with Gasteiger partial charge < -0.3 is 14.8 Å². The van der Waals surface area contributed by atoms with Crippen LogP contribution in [0.15, 0.2) is 42.0 Å². The summed E-state index contributed by atoms with van der Waals surface area (Å²) in [5.74, 6) is -0.144. The Morgan fingerprint density at radius 3 is 2.70 bits per heavy atom. The Labute approximate surface area is 162 Å². The van der Waals surface area contributed by atoms with Crippen molar-refractivity contribution in [3.63, 3.8) is 0 Å². The number of methoxy groups -OCH3 is 1. The van der Waals surface area contributed by atoms with Crippen LogP contribution in [0, 0.1) is 17.1 Å². The lowest BCUT2D eigenvalue weighted by atomic mass is 10.1. The Hall–Kier alpha value is -3.04. The zero-order chi connectivity index (χ0) is 19.8. The average molecular weight is 389 g/mol. The van der Waals surface area contributed by atoms with Gasteiger partial charge in [-0.15, -0.1) is 0 Å². The van der Waals surface area contributed by atoms with Gasteiger partial charge in [0.1, 0.15) is 17.5 Å². The summed E-state index contributed by atoms with van der Waals surface area (Å²) in [7, 11) is 1.51. The van der Waals surface area contributed by atoms with E-state index < -0.39 is 11.7 Å². The van der Waals surface area contributed by atoms with Crippen molar-refractivity contribution < 1.29 is 18.7 Å². The van der Waals surface area contributed by atoms with Crippen LogP contribution in [0.3, 0.4) is 0 Å². The fraction of sp³-hybridized carbons (Fsp3) is 0.200. The van der Waals surface area contributed by atoms with Gasteiger partial charge in [-0.2, -0.15) is 5.26 Å². The predicted octanol–water partition coefficient (Wildman–Crippen LogP) is 4.82. The van der Waals surface area contributed by atoms with Crippen LogP contribution in [-0.4, -0.2) is 19.6 Å². The maximum absolute atomic E-state index is 13.2. The van der Waals surface area contributed by atoms with Crippen molar-refractivity contribution in [1.29, 1.82) is 5.26 Å². The monoisotopic (exact) mass is 388 g/mol. The summed E-state index contributed by atoms with van der Waals surface area (Å²) in [5.41, 5.74) is 0.757. The number of nitrogens with one attached hydrogen (secondary N) is 1. The number of hydrogen-bond acceptors (Lipinski definition) is 4. The van der Waals surface area contributed by atoms with Crippen LogP contribution >= 0.6 is 11.6 Å². The van der Waals surface area contributed by atoms with Gasteiger partial charge in [0.05, 0.1) is 18.7 Å². The summed E-state index contributed by atoms with van der Waals surface area (Å²) in [4.78, 5) is 12.3. The molecule has 2 aromatic carbocycles. The van der Waals surface area contributed by atoms with E-state index in [9.17, 15) is 14.4 Å².